The summed E-state index contributed by atoms with van der Waals surface area (Å²) in [6.45, 7) is 0. The molecule has 0 aromatic heterocycles. The summed E-state index contributed by atoms with van der Waals surface area (Å²) in [5.74, 6) is -3.07. The van der Waals surface area contributed by atoms with Gasteiger partial charge in [-0.2, -0.15) is 9.65 Å². The van der Waals surface area contributed by atoms with Crippen LogP contribution in [-0.2, 0) is 11.2 Å². The average Bonchev–Trinajstić information content (AvgIpc) is 2.62. The normalized spacial score (nSPS) is 11.2. The van der Waals surface area contributed by atoms with Crippen LogP contribution >= 0.6 is 0 Å². The molecule has 0 aliphatic heterocycles. The Morgan fingerprint density at radius 3 is 2.46 bits per heavy atom. The number of hydrogen-bond donors (Lipinski definition) is 2. The number of aliphatic carboxylic acids is 1. The molecule has 1 amide bonds. The number of benzene rings is 2. The zero-order valence-electron chi connectivity index (χ0n) is 13.2. The van der Waals surface area contributed by atoms with E-state index in [-0.39, 0.29) is 17.5 Å². The highest BCUT2D eigenvalue weighted by molar-refractivity contribution is 5.96. The van der Waals surface area contributed by atoms with Crippen molar-refractivity contribution in [1.29, 1.82) is 5.26 Å². The molecule has 0 aliphatic rings. The quantitative estimate of drug-likeness (QED) is 0.600. The highest BCUT2D eigenvalue weighted by Crippen LogP contribution is 2.19. The number of nitriles is 1. The van der Waals surface area contributed by atoms with E-state index >= 15 is 0 Å². The Hall–Kier alpha value is -3.80. The Morgan fingerprint density at radius 1 is 1.27 bits per heavy atom. The van der Waals surface area contributed by atoms with Gasteiger partial charge >= 0.3 is 11.7 Å². The van der Waals surface area contributed by atoms with Crippen molar-refractivity contribution in [2.45, 2.75) is 12.5 Å². The van der Waals surface area contributed by atoms with Gasteiger partial charge in [0.05, 0.1) is 16.6 Å². The zero-order valence-corrected chi connectivity index (χ0v) is 13.2. The van der Waals surface area contributed by atoms with Crippen molar-refractivity contribution in [2.75, 3.05) is 0 Å². The number of nitro benzene ring substituents is 1. The average molecular weight is 357 g/mol. The summed E-state index contributed by atoms with van der Waals surface area (Å²) >= 11 is 0. The SMILES string of the molecule is N#Cc1ccc(C(=O)N[C@@H](Cc2ccc(F)c([N+](=O)[O-])c2)C(=O)O)cc1. The molecule has 9 heteroatoms. The predicted octanol–water partition coefficient (Wildman–Crippen LogP) is 2.03. The van der Waals surface area contributed by atoms with Crippen LogP contribution in [0.3, 0.4) is 0 Å². The van der Waals surface area contributed by atoms with Crippen molar-refractivity contribution in [1.82, 2.24) is 5.32 Å². The third-order valence-corrected chi connectivity index (χ3v) is 3.53. The van der Waals surface area contributed by atoms with Gasteiger partial charge in [-0.25, -0.2) is 4.79 Å². The van der Waals surface area contributed by atoms with E-state index < -0.39 is 34.3 Å². The molecule has 0 saturated carbocycles. The summed E-state index contributed by atoms with van der Waals surface area (Å²) in [5.41, 5.74) is -0.0917. The molecule has 0 unspecified atom stereocenters. The number of carbonyl (C=O) groups excluding carboxylic acids is 1. The molecule has 0 aliphatic carbocycles. The molecule has 0 fully saturated rings. The molecule has 0 heterocycles. The molecular weight excluding hydrogens is 345 g/mol. The Kier molecular flexibility index (Phi) is 5.60. The van der Waals surface area contributed by atoms with Crippen LogP contribution in [0.4, 0.5) is 10.1 Å². The monoisotopic (exact) mass is 357 g/mol. The second kappa shape index (κ2) is 7.85. The third-order valence-electron chi connectivity index (χ3n) is 3.53. The van der Waals surface area contributed by atoms with Crippen molar-refractivity contribution < 1.29 is 24.0 Å². The summed E-state index contributed by atoms with van der Waals surface area (Å²) in [4.78, 5) is 33.4. The molecule has 132 valence electrons. The smallest absolute Gasteiger partial charge is 0.326 e. The van der Waals surface area contributed by atoms with Gasteiger partial charge in [0.25, 0.3) is 5.91 Å². The molecule has 2 rings (SSSR count). The number of nitrogens with zero attached hydrogens (tertiary/aromatic N) is 2. The second-order valence-corrected chi connectivity index (χ2v) is 5.30. The van der Waals surface area contributed by atoms with E-state index in [9.17, 15) is 29.2 Å². The highest BCUT2D eigenvalue weighted by Gasteiger charge is 2.23. The summed E-state index contributed by atoms with van der Waals surface area (Å²) in [7, 11) is 0. The topological polar surface area (TPSA) is 133 Å². The molecule has 0 saturated heterocycles. The van der Waals surface area contributed by atoms with Gasteiger partial charge in [-0.05, 0) is 35.9 Å². The summed E-state index contributed by atoms with van der Waals surface area (Å²) in [5, 5.41) is 31.1. The fourth-order valence-corrected chi connectivity index (χ4v) is 2.20. The number of hydrogen-bond acceptors (Lipinski definition) is 5. The van der Waals surface area contributed by atoms with Gasteiger partial charge in [-0.1, -0.05) is 6.07 Å². The van der Waals surface area contributed by atoms with Crippen LogP contribution in [-0.4, -0.2) is 27.9 Å². The minimum atomic E-state index is -1.37. The number of halogens is 1. The maximum Gasteiger partial charge on any atom is 0.326 e. The van der Waals surface area contributed by atoms with Crippen molar-refractivity contribution >= 4 is 17.6 Å². The number of rotatable bonds is 6. The Bertz CT molecular complexity index is 906. The molecule has 1 atom stereocenters. The van der Waals surface area contributed by atoms with Gasteiger partial charge in [0, 0.05) is 18.1 Å². The largest absolute Gasteiger partial charge is 0.480 e. The minimum absolute atomic E-state index is 0.153. The van der Waals surface area contributed by atoms with E-state index in [1.807, 2.05) is 6.07 Å². The molecule has 2 aromatic carbocycles. The molecule has 0 bridgehead atoms. The van der Waals surface area contributed by atoms with Crippen molar-refractivity contribution in [3.63, 3.8) is 0 Å². The maximum absolute atomic E-state index is 13.4. The fraction of sp³-hybridized carbons (Fsp3) is 0.118. The van der Waals surface area contributed by atoms with Crippen LogP contribution in [0, 0.1) is 27.3 Å². The van der Waals surface area contributed by atoms with Crippen LogP contribution in [0.25, 0.3) is 0 Å². The number of nitrogens with one attached hydrogen (secondary N) is 1. The van der Waals surface area contributed by atoms with Gasteiger partial charge < -0.3 is 10.4 Å². The molecule has 26 heavy (non-hydrogen) atoms. The lowest BCUT2D eigenvalue weighted by Gasteiger charge is -2.15. The molecular formula is C17H12FN3O5. The van der Waals surface area contributed by atoms with Crippen LogP contribution in [0.15, 0.2) is 42.5 Å². The van der Waals surface area contributed by atoms with E-state index in [0.717, 1.165) is 12.1 Å². The number of carbonyl (C=O) groups is 2. The Balaban J connectivity index is 2.17. The number of nitro groups is 1. The van der Waals surface area contributed by atoms with Gasteiger partial charge in [0.15, 0.2) is 0 Å². The Morgan fingerprint density at radius 2 is 1.92 bits per heavy atom. The lowest BCUT2D eigenvalue weighted by Crippen LogP contribution is -2.42. The Labute approximate surface area is 146 Å². The number of carboxylic acid groups (broad SMARTS) is 1. The molecule has 2 aromatic rings. The minimum Gasteiger partial charge on any atom is -0.480 e. The summed E-state index contributed by atoms with van der Waals surface area (Å²) in [6, 6.07) is 9.10. The number of amides is 1. The highest BCUT2D eigenvalue weighted by atomic mass is 19.1. The van der Waals surface area contributed by atoms with Crippen molar-refractivity contribution in [3.05, 3.63) is 75.1 Å². The van der Waals surface area contributed by atoms with Crippen LogP contribution in [0.2, 0.25) is 0 Å². The van der Waals surface area contributed by atoms with E-state index in [4.69, 9.17) is 5.26 Å². The first-order valence-electron chi connectivity index (χ1n) is 7.28. The van der Waals surface area contributed by atoms with Crippen LogP contribution in [0.5, 0.6) is 0 Å². The maximum atomic E-state index is 13.4. The lowest BCUT2D eigenvalue weighted by molar-refractivity contribution is -0.387. The predicted molar refractivity (Wildman–Crippen MR) is 86.8 cm³/mol. The first kappa shape index (κ1) is 18.5. The molecule has 0 spiro atoms. The molecule has 8 nitrogen and oxygen atoms in total. The van der Waals surface area contributed by atoms with E-state index in [1.165, 1.54) is 30.3 Å². The summed E-state index contributed by atoms with van der Waals surface area (Å²) < 4.78 is 13.4. The first-order chi connectivity index (χ1) is 12.3. The standard InChI is InChI=1S/C17H12FN3O5/c18-13-6-3-11(8-15(13)21(25)26)7-14(17(23)24)20-16(22)12-4-1-10(9-19)2-5-12/h1-6,8,14H,7H2,(H,20,22)(H,23,24)/t14-/m0/s1. The van der Waals surface area contributed by atoms with E-state index in [0.29, 0.717) is 5.56 Å². The van der Waals surface area contributed by atoms with Crippen molar-refractivity contribution in [3.8, 4) is 6.07 Å². The number of carboxylic acids is 1. The summed E-state index contributed by atoms with van der Waals surface area (Å²) in [6.07, 6.45) is -0.265. The lowest BCUT2D eigenvalue weighted by atomic mass is 10.0. The zero-order chi connectivity index (χ0) is 19.3. The van der Waals surface area contributed by atoms with Crippen LogP contribution in [0.1, 0.15) is 21.5 Å². The van der Waals surface area contributed by atoms with Crippen LogP contribution < -0.4 is 5.32 Å². The molecule has 2 N–H and O–H groups in total. The van der Waals surface area contributed by atoms with E-state index in [2.05, 4.69) is 5.32 Å². The second-order valence-electron chi connectivity index (χ2n) is 5.30. The fourth-order valence-electron chi connectivity index (χ4n) is 2.20. The third kappa shape index (κ3) is 4.39. The van der Waals surface area contributed by atoms with Gasteiger partial charge in [-0.15, -0.1) is 0 Å². The van der Waals surface area contributed by atoms with Gasteiger partial charge in [0.1, 0.15) is 6.04 Å². The molecule has 0 radical (unpaired) electrons. The first-order valence-corrected chi connectivity index (χ1v) is 7.28. The van der Waals surface area contributed by atoms with Gasteiger partial charge in [-0.3, -0.25) is 14.9 Å². The van der Waals surface area contributed by atoms with E-state index in [1.54, 1.807) is 0 Å². The van der Waals surface area contributed by atoms with Crippen molar-refractivity contribution in [2.24, 2.45) is 0 Å². The van der Waals surface area contributed by atoms with Gasteiger partial charge in [0.2, 0.25) is 5.82 Å².